The van der Waals surface area contributed by atoms with Crippen molar-refractivity contribution < 1.29 is 151 Å². The van der Waals surface area contributed by atoms with E-state index in [2.05, 4.69) is 95.0 Å². The molecule has 11 aromatic rings. The second-order valence-corrected chi connectivity index (χ2v) is 30.1. The molecule has 0 aliphatic carbocycles. The van der Waals surface area contributed by atoms with Crippen molar-refractivity contribution in [1.29, 1.82) is 0 Å². The molecular formula is C75H68B15BrCl12LiN10O30S. The summed E-state index contributed by atoms with van der Waals surface area (Å²) in [4.78, 5) is 102. The first kappa shape index (κ1) is 151. The number of rotatable bonds is 22. The molecule has 0 unspecified atom stereocenters. The Kier molecular flexibility index (Phi) is 86.4. The Hall–Kier alpha value is -9.74. The molecule has 0 amide bonds. The third-order valence-electron chi connectivity index (χ3n) is 14.3. The largest absolute Gasteiger partial charge is 1.00 e. The summed E-state index contributed by atoms with van der Waals surface area (Å²) in [6.07, 6.45) is 5.49. The van der Waals surface area contributed by atoms with E-state index in [4.69, 9.17) is 266 Å². The Morgan fingerprint density at radius 1 is 0.448 bits per heavy atom. The van der Waals surface area contributed by atoms with Crippen LogP contribution in [0.1, 0.15) is 92.6 Å². The van der Waals surface area contributed by atoms with Crippen molar-refractivity contribution in [2.75, 3.05) is 25.7 Å². The number of aromatic nitrogens is 5. The van der Waals surface area contributed by atoms with Crippen molar-refractivity contribution in [1.82, 2.24) is 24.9 Å². The summed E-state index contributed by atoms with van der Waals surface area (Å²) in [7, 11) is 45.1. The topological polar surface area (TPSA) is 675 Å². The first-order valence-corrected chi connectivity index (χ1v) is 43.3. The second-order valence-electron chi connectivity index (χ2n) is 23.8. The molecule has 0 atom stereocenters. The number of halogens is 13. The number of hydrogen-bond donors (Lipinski definition) is 12. The van der Waals surface area contributed by atoms with E-state index in [1.54, 1.807) is 91.0 Å². The third kappa shape index (κ3) is 62.9. The van der Waals surface area contributed by atoms with Crippen LogP contribution in [0.4, 0.5) is 23.3 Å². The zero-order chi connectivity index (χ0) is 108. The number of esters is 2. The molecule has 0 saturated carbocycles. The fourth-order valence-corrected chi connectivity index (χ4v) is 12.3. The Morgan fingerprint density at radius 2 is 0.669 bits per heavy atom. The molecule has 25 radical (unpaired) electrons. The molecule has 0 aliphatic rings. The van der Waals surface area contributed by atoms with Crippen molar-refractivity contribution in [3.63, 3.8) is 0 Å². The number of pyridine rings is 5. The number of aliphatic hydroxyl groups is 2. The van der Waals surface area contributed by atoms with Crippen molar-refractivity contribution in [3.05, 3.63) is 329 Å². The first-order valence-electron chi connectivity index (χ1n) is 36.3. The minimum atomic E-state index is -4.67. The molecule has 741 valence electrons. The molecule has 0 bridgehead atoms. The van der Waals surface area contributed by atoms with E-state index in [1.807, 2.05) is 18.2 Å². The molecule has 70 heteroatoms. The number of carboxylic acids is 3. The predicted molar refractivity (Wildman–Crippen MR) is 568 cm³/mol. The van der Waals surface area contributed by atoms with Gasteiger partial charge in [-0.1, -0.05) is 199 Å². The van der Waals surface area contributed by atoms with E-state index in [-0.39, 0.29) is 141 Å². The number of carboxylic acid groups (broad SMARTS) is 3. The fraction of sp³-hybridized carbons (Fsp3) is 0.120. The van der Waals surface area contributed by atoms with Gasteiger partial charge in [-0.05, 0) is 104 Å². The van der Waals surface area contributed by atoms with Crippen molar-refractivity contribution in [2.24, 2.45) is 0 Å². The maximum absolute atomic E-state index is 12.4. The molecule has 0 aliphatic heterocycles. The number of nitrogen functional groups attached to an aromatic ring is 2. The number of aliphatic hydroxyl groups excluding tert-OH is 2. The minimum Gasteiger partial charge on any atom is -0.870 e. The maximum Gasteiger partial charge on any atom is 1.00 e. The third-order valence-corrected chi connectivity index (χ3v) is 19.1. The van der Waals surface area contributed by atoms with E-state index >= 15 is 0 Å². The van der Waals surface area contributed by atoms with Crippen molar-refractivity contribution in [2.45, 2.75) is 45.8 Å². The second kappa shape index (κ2) is 83.2. The van der Waals surface area contributed by atoms with Gasteiger partial charge in [-0.25, -0.2) is 33.9 Å². The number of benzene rings is 6. The molecule has 5 heterocycles. The normalized spacial score (nSPS) is 9.12. The van der Waals surface area contributed by atoms with Crippen LogP contribution in [0.5, 0.6) is 28.7 Å². The van der Waals surface area contributed by atoms with Crippen molar-refractivity contribution in [3.8, 4) is 28.7 Å². The molecule has 40 nitrogen and oxygen atoms in total. The number of nitrogens with zero attached hydrogens (tertiary/aromatic N) is 8. The van der Waals surface area contributed by atoms with Gasteiger partial charge in [0.25, 0.3) is 5.09 Å². The molecule has 0 saturated heterocycles. The Bertz CT molecular complexity index is 5840. The molecular weight excluding hydrogens is 2230 g/mol. The summed E-state index contributed by atoms with van der Waals surface area (Å²) in [5, 5.41) is 98.5. The molecule has 5 aromatic heterocycles. The van der Waals surface area contributed by atoms with E-state index in [0.717, 1.165) is 63.6 Å². The molecule has 6 aromatic carbocycles. The monoisotopic (exact) mass is 2290 g/mol. The molecule has 0 fully saturated rings. The number of carbonyl (C=O) groups excluding carboxylic acids is 2. The summed E-state index contributed by atoms with van der Waals surface area (Å²) >= 11 is 75.7. The van der Waals surface area contributed by atoms with Gasteiger partial charge in [0, 0.05) is 263 Å². The molecule has 17 N–H and O–H groups in total. The van der Waals surface area contributed by atoms with E-state index < -0.39 is 85.3 Å². The number of nitrogens with two attached hydrogens (primary N) is 2. The van der Waals surface area contributed by atoms with Crippen LogP contribution in [0.3, 0.4) is 0 Å². The van der Waals surface area contributed by atoms with Crippen LogP contribution in [0.15, 0.2) is 177 Å². The number of hydrogen-bond acceptors (Lipinski definition) is 30. The minimum absolute atomic E-state index is 0. The van der Waals surface area contributed by atoms with Gasteiger partial charge in [0.2, 0.25) is 11.5 Å². The zero-order valence-electron chi connectivity index (χ0n) is 74.0. The summed E-state index contributed by atoms with van der Waals surface area (Å²) < 4.78 is 58.7. The van der Waals surface area contributed by atoms with Gasteiger partial charge in [-0.15, -0.1) is 10.1 Å². The van der Waals surface area contributed by atoms with E-state index in [0.29, 0.717) is 93.4 Å². The Morgan fingerprint density at radius 3 is 0.910 bits per heavy atom. The van der Waals surface area contributed by atoms with Gasteiger partial charge in [0.15, 0.2) is 35.5 Å². The maximum atomic E-state index is 12.4. The summed E-state index contributed by atoms with van der Waals surface area (Å²) in [5.41, 5.74) is 14.8. The van der Waals surface area contributed by atoms with Crippen LogP contribution in [0.25, 0.3) is 0 Å². The number of alkyl halides is 1. The number of ether oxygens (including phenoxy) is 5. The molecule has 145 heavy (non-hydrogen) atoms. The van der Waals surface area contributed by atoms with Crippen LogP contribution >= 0.6 is 155 Å². The van der Waals surface area contributed by atoms with E-state index in [1.165, 1.54) is 37.8 Å². The zero-order valence-corrected chi connectivity index (χ0v) is 85.4. The summed E-state index contributed by atoms with van der Waals surface area (Å²) in [5.74, 6) is -6.84. The number of nitro groups is 2. The van der Waals surface area contributed by atoms with Gasteiger partial charge >= 0.3 is 70.7 Å². The average molecular weight is 2300 g/mol. The first-order chi connectivity index (χ1) is 65.7. The van der Waals surface area contributed by atoms with Crippen LogP contribution in [0, 0.1) is 30.3 Å². The van der Waals surface area contributed by atoms with Crippen molar-refractivity contribution >= 4 is 331 Å². The quantitative estimate of drug-likeness (QED) is 0.00749. The number of anilines is 2. The summed E-state index contributed by atoms with van der Waals surface area (Å²) in [6.45, 7) is -0.340. The smallest absolute Gasteiger partial charge is 0.870 e. The van der Waals surface area contributed by atoms with Gasteiger partial charge in [0.05, 0.1) is 22.9 Å². The number of aromatic carboxylic acids is 3. The standard InChI is InChI=1S/C20H12Cl4N2O5.C20H14Cl4N2O3.C13H10Cl2N2O3.C7H5BrCl2.C6H4N2O5.C6H5NO3.2CH4O.CH4.B5.B4.B3.B2.B.Li.HNO3.H2O4S.2H2O/c21-14-3-1-4-15(22)12(14)9-30-18-7-11(8-25-19(18)26(28)29)20(27)31-10-13-16(23)5-2-6-17(13)24;21-14-3-1-4-15(22)12(14)9-28-18-7-11(8-26-19(18)25)20(27)29-10-13-16(23)5-2-6-17(13)24;14-9-2-1-3-10(15)8(9)6-20-11-4-7(13(18)19)5-17-12(11)16;8-4-5-6(9)2-1-3-7(5)10;9-4-1-3(6(10)11)2-7-5(4)8(12)13;8-5-1-4(6(9)10)2-7-3-5;2*1-2;;1-4-5(2)3;1-4(2)3;1-3-2;1-2;;;2-1(3)4;1-5(2,3)4;;/h1-8H,9-10H2;1-8H,9-10H2,(H2,25,26);1-5H,6H2,(H2,16,17)(H,18,19);1-3H,4H2;1-2,9H,(H,10,11);1-3,8H,(H,9,10);2*2H,1H3;1H4;;;;;;;(H,2,3,4);(H2,1,2,3,4);2*1H2/q;;;;;;;;;;;;;;+1;;;;/p-1. The van der Waals surface area contributed by atoms with Crippen LogP contribution in [-0.2, 0) is 58.2 Å². The van der Waals surface area contributed by atoms with Gasteiger partial charge in [-0.2, -0.15) is 8.42 Å². The SMILES string of the molecule is C.CO.CO.Clc1cccc(Cl)c1CBr.Nc1ncc(C(=O)O)cc1OCc1c(Cl)cccc1Cl.Nc1ncc(C(=O)OCc2c(Cl)cccc2Cl)cc1OCc1c(Cl)cccc1Cl.O.O=C(O)c1cnc([N+](=O)[O-])c(O)c1.O=C(O)c1cncc(O)c1.O=C(OCc1c(Cl)cccc1Cl)c1cnc([N+](=O)[O-])c(OCc2c(Cl)cccc2Cl)c1.O=S(=O)(O)O.O=[N+]([O-])O.[B].[B]B([B])[B].[B][B].[B][B]B([B])[B].[B][B][B].[Li+].[OH-]. The van der Waals surface area contributed by atoms with Gasteiger partial charge in [-0.3, -0.25) is 14.1 Å². The van der Waals surface area contributed by atoms with Crippen LogP contribution < -0.4 is 44.5 Å². The fourth-order valence-electron chi connectivity index (χ4n) is 8.31. The molecule has 0 spiro atoms. The Labute approximate surface area is 927 Å². The van der Waals surface area contributed by atoms with Gasteiger partial charge in [0.1, 0.15) is 49.9 Å². The number of carbonyl (C=O) groups is 5. The van der Waals surface area contributed by atoms with Crippen LogP contribution in [-0.4, -0.2) is 266 Å². The van der Waals surface area contributed by atoms with Gasteiger partial charge < -0.3 is 107 Å². The van der Waals surface area contributed by atoms with Crippen LogP contribution in [0.2, 0.25) is 60.3 Å². The average Bonchev–Trinajstić information content (AvgIpc) is 0.851. The van der Waals surface area contributed by atoms with E-state index in [9.17, 15) is 44.2 Å². The molecule has 11 rings (SSSR count). The summed E-state index contributed by atoms with van der Waals surface area (Å²) in [6, 6.07) is 36.2. The predicted octanol–water partition coefficient (Wildman–Crippen LogP) is 9.91. The number of aromatic hydroxyl groups is 2. The Balaban J connectivity index is -0.000000253.